The number of furan rings is 2. The number of carbonyl (C=O) groups is 2. The summed E-state index contributed by atoms with van der Waals surface area (Å²) < 4.78 is 14.6. The lowest BCUT2D eigenvalue weighted by Crippen LogP contribution is -2.11. The summed E-state index contributed by atoms with van der Waals surface area (Å²) in [7, 11) is 0. The fourth-order valence-corrected chi connectivity index (χ4v) is 1.23. The zero-order valence-electron chi connectivity index (χ0n) is 9.37. The van der Waals surface area contributed by atoms with Crippen molar-refractivity contribution < 1.29 is 23.2 Å². The summed E-state index contributed by atoms with van der Waals surface area (Å²) in [5.41, 5.74) is 0. The Bertz CT molecular complexity index is 534. The molecule has 2 aromatic heterocycles. The Morgan fingerprint density at radius 3 is 2.61 bits per heavy atom. The van der Waals surface area contributed by atoms with Gasteiger partial charge < -0.3 is 13.6 Å². The predicted molar refractivity (Wildman–Crippen MR) is 61.7 cm³/mol. The summed E-state index contributed by atoms with van der Waals surface area (Å²) in [5.74, 6) is -0.312. The monoisotopic (exact) mass is 246 g/mol. The molecule has 0 spiro atoms. The first kappa shape index (κ1) is 11.9. The highest BCUT2D eigenvalue weighted by Gasteiger charge is 2.10. The van der Waals surface area contributed by atoms with Crippen LogP contribution in [0.3, 0.4) is 0 Å². The summed E-state index contributed by atoms with van der Waals surface area (Å²) in [6.07, 6.45) is 5.52. The Labute approximate surface area is 103 Å². The molecule has 0 bridgehead atoms. The minimum Gasteiger partial charge on any atom is -0.465 e. The van der Waals surface area contributed by atoms with Crippen molar-refractivity contribution in [2.24, 2.45) is 0 Å². The van der Waals surface area contributed by atoms with Crippen molar-refractivity contribution in [3.05, 3.63) is 54.4 Å². The van der Waals surface area contributed by atoms with E-state index >= 15 is 0 Å². The second kappa shape index (κ2) is 5.67. The Hall–Kier alpha value is -2.56. The molecule has 5 heteroatoms. The van der Waals surface area contributed by atoms with Gasteiger partial charge in [-0.15, -0.1) is 0 Å². The van der Waals surface area contributed by atoms with Gasteiger partial charge in [-0.1, -0.05) is 0 Å². The van der Waals surface area contributed by atoms with Crippen molar-refractivity contribution in [1.29, 1.82) is 0 Å². The highest BCUT2D eigenvalue weighted by molar-refractivity contribution is 5.96. The summed E-state index contributed by atoms with van der Waals surface area (Å²) in [4.78, 5) is 22.7. The lowest BCUT2D eigenvalue weighted by Gasteiger charge is -1.98. The number of rotatable bonds is 5. The van der Waals surface area contributed by atoms with Gasteiger partial charge in [0.15, 0.2) is 12.4 Å². The van der Waals surface area contributed by atoms with Crippen molar-refractivity contribution in [3.63, 3.8) is 0 Å². The Morgan fingerprint density at radius 2 is 1.94 bits per heavy atom. The predicted octanol–water partition coefficient (Wildman–Crippen LogP) is 2.31. The molecule has 92 valence electrons. The molecule has 2 aromatic rings. The van der Waals surface area contributed by atoms with E-state index in [2.05, 4.69) is 0 Å². The van der Waals surface area contributed by atoms with Gasteiger partial charge in [-0.25, -0.2) is 4.79 Å². The average Bonchev–Trinajstić information content (AvgIpc) is 3.05. The molecule has 0 fully saturated rings. The number of hydrogen-bond donors (Lipinski definition) is 0. The molecule has 0 aromatic carbocycles. The van der Waals surface area contributed by atoms with Gasteiger partial charge in [-0.3, -0.25) is 4.79 Å². The van der Waals surface area contributed by atoms with Crippen molar-refractivity contribution in [3.8, 4) is 0 Å². The number of hydrogen-bond acceptors (Lipinski definition) is 5. The summed E-state index contributed by atoms with van der Waals surface area (Å²) in [5, 5.41) is 0. The van der Waals surface area contributed by atoms with Gasteiger partial charge in [0.2, 0.25) is 5.78 Å². The van der Waals surface area contributed by atoms with E-state index in [1.54, 1.807) is 18.2 Å². The Morgan fingerprint density at radius 1 is 1.17 bits per heavy atom. The van der Waals surface area contributed by atoms with Crippen LogP contribution in [0.25, 0.3) is 6.08 Å². The Kier molecular flexibility index (Phi) is 3.76. The van der Waals surface area contributed by atoms with Crippen molar-refractivity contribution in [2.45, 2.75) is 0 Å². The van der Waals surface area contributed by atoms with Gasteiger partial charge in [0.1, 0.15) is 5.76 Å². The van der Waals surface area contributed by atoms with E-state index in [-0.39, 0.29) is 18.2 Å². The van der Waals surface area contributed by atoms with E-state index in [4.69, 9.17) is 13.6 Å². The van der Waals surface area contributed by atoms with E-state index < -0.39 is 5.97 Å². The SMILES string of the molecule is O=C(/C=C/c1ccco1)OCC(=O)c1ccco1. The lowest BCUT2D eigenvalue weighted by atomic mass is 10.3. The third kappa shape index (κ3) is 3.21. The first-order valence-corrected chi connectivity index (χ1v) is 5.21. The van der Waals surface area contributed by atoms with Crippen molar-refractivity contribution in [1.82, 2.24) is 0 Å². The zero-order chi connectivity index (χ0) is 12.8. The highest BCUT2D eigenvalue weighted by Crippen LogP contribution is 2.04. The van der Waals surface area contributed by atoms with Crippen LogP contribution in [0, 0.1) is 0 Å². The maximum absolute atomic E-state index is 11.4. The van der Waals surface area contributed by atoms with Gasteiger partial charge in [0.05, 0.1) is 12.5 Å². The standard InChI is InChI=1S/C13H10O5/c14-11(12-4-2-8-17-12)9-18-13(15)6-5-10-3-1-7-16-10/h1-8H,9H2/b6-5+. The maximum atomic E-state index is 11.4. The third-order valence-electron chi connectivity index (χ3n) is 2.07. The van der Waals surface area contributed by atoms with E-state index in [0.717, 1.165) is 0 Å². The fraction of sp³-hybridized carbons (Fsp3) is 0.0769. The maximum Gasteiger partial charge on any atom is 0.331 e. The number of carbonyl (C=O) groups excluding carboxylic acids is 2. The molecule has 0 aliphatic rings. The largest absolute Gasteiger partial charge is 0.465 e. The number of ether oxygens (including phenoxy) is 1. The van der Waals surface area contributed by atoms with Crippen LogP contribution in [0.5, 0.6) is 0 Å². The molecule has 0 saturated heterocycles. The molecule has 5 nitrogen and oxygen atoms in total. The molecule has 18 heavy (non-hydrogen) atoms. The zero-order valence-corrected chi connectivity index (χ0v) is 9.37. The van der Waals surface area contributed by atoms with Crippen LogP contribution < -0.4 is 0 Å². The fourth-order valence-electron chi connectivity index (χ4n) is 1.23. The van der Waals surface area contributed by atoms with Crippen LogP contribution in [-0.4, -0.2) is 18.4 Å². The van der Waals surface area contributed by atoms with Gasteiger partial charge in [-0.2, -0.15) is 0 Å². The van der Waals surface area contributed by atoms with E-state index in [1.807, 2.05) is 0 Å². The lowest BCUT2D eigenvalue weighted by molar-refractivity contribution is -0.136. The normalized spacial score (nSPS) is 10.7. The molecule has 0 atom stereocenters. The molecule has 0 aliphatic heterocycles. The molecular weight excluding hydrogens is 236 g/mol. The first-order chi connectivity index (χ1) is 8.75. The van der Waals surface area contributed by atoms with Crippen LogP contribution in [0.1, 0.15) is 16.3 Å². The van der Waals surface area contributed by atoms with Crippen LogP contribution >= 0.6 is 0 Å². The molecule has 0 aliphatic carbocycles. The van der Waals surface area contributed by atoms with Gasteiger partial charge >= 0.3 is 5.97 Å². The number of Topliss-reactive ketones (excluding diaryl/α,β-unsaturated/α-hetero) is 1. The second-order valence-corrected chi connectivity index (χ2v) is 3.36. The topological polar surface area (TPSA) is 69.7 Å². The first-order valence-electron chi connectivity index (χ1n) is 5.21. The summed E-state index contributed by atoms with van der Waals surface area (Å²) >= 11 is 0. The van der Waals surface area contributed by atoms with Crippen molar-refractivity contribution in [2.75, 3.05) is 6.61 Å². The van der Waals surface area contributed by atoms with Crippen LogP contribution in [-0.2, 0) is 9.53 Å². The smallest absolute Gasteiger partial charge is 0.331 e. The summed E-state index contributed by atoms with van der Waals surface area (Å²) in [6.45, 7) is -0.352. The quantitative estimate of drug-likeness (QED) is 0.460. The molecule has 2 rings (SSSR count). The van der Waals surface area contributed by atoms with Gasteiger partial charge in [0.25, 0.3) is 0 Å². The van der Waals surface area contributed by atoms with Crippen molar-refractivity contribution >= 4 is 17.8 Å². The molecule has 0 radical (unpaired) electrons. The Balaban J connectivity index is 1.80. The molecule has 0 N–H and O–H groups in total. The summed E-state index contributed by atoms with van der Waals surface area (Å²) in [6, 6.07) is 6.49. The highest BCUT2D eigenvalue weighted by atomic mass is 16.5. The number of esters is 1. The molecule has 0 unspecified atom stereocenters. The molecule has 0 saturated carbocycles. The van der Waals surface area contributed by atoms with Crippen LogP contribution in [0.2, 0.25) is 0 Å². The molecule has 2 heterocycles. The number of ketones is 1. The third-order valence-corrected chi connectivity index (χ3v) is 2.07. The van der Waals surface area contributed by atoms with Crippen LogP contribution in [0.4, 0.5) is 0 Å². The van der Waals surface area contributed by atoms with E-state index in [9.17, 15) is 9.59 Å². The molecular formula is C13H10O5. The van der Waals surface area contributed by atoms with E-state index in [1.165, 1.54) is 30.7 Å². The average molecular weight is 246 g/mol. The van der Waals surface area contributed by atoms with Gasteiger partial charge in [0, 0.05) is 6.08 Å². The second-order valence-electron chi connectivity index (χ2n) is 3.36. The minimum absolute atomic E-state index is 0.165. The van der Waals surface area contributed by atoms with E-state index in [0.29, 0.717) is 5.76 Å². The minimum atomic E-state index is -0.619. The van der Waals surface area contributed by atoms with Crippen LogP contribution in [0.15, 0.2) is 51.7 Å². The van der Waals surface area contributed by atoms with Gasteiger partial charge in [-0.05, 0) is 30.3 Å². The molecule has 0 amide bonds.